The van der Waals surface area contributed by atoms with Crippen molar-refractivity contribution in [2.45, 2.75) is 25.3 Å². The second-order valence-corrected chi connectivity index (χ2v) is 8.13. The van der Waals surface area contributed by atoms with E-state index in [1.54, 1.807) is 25.6 Å². The standard InChI is InChI=1S/C23H24N2O3S/c1-27-16-11-12-20(28-2)15(13-16)14-24-22(26)17-7-3-4-8-18(17)23-25-19-9-5-6-10-21(19)29-23/h3-6,9-13,17-18H,7-8,14H2,1-2H3,(H,24,26). The number of hydrogen-bond donors (Lipinski definition) is 1. The van der Waals surface area contributed by atoms with Crippen molar-refractivity contribution in [2.24, 2.45) is 5.92 Å². The fraction of sp³-hybridized carbons (Fsp3) is 0.304. The number of nitrogens with one attached hydrogen (secondary N) is 1. The zero-order chi connectivity index (χ0) is 20.2. The fourth-order valence-corrected chi connectivity index (χ4v) is 4.91. The third-order valence-electron chi connectivity index (χ3n) is 5.34. The van der Waals surface area contributed by atoms with Gasteiger partial charge < -0.3 is 14.8 Å². The number of fused-ring (bicyclic) bond motifs is 1. The summed E-state index contributed by atoms with van der Waals surface area (Å²) in [6.45, 7) is 0.395. The van der Waals surface area contributed by atoms with Crippen molar-refractivity contribution < 1.29 is 14.3 Å². The number of ether oxygens (including phenoxy) is 2. The molecule has 1 aliphatic rings. The largest absolute Gasteiger partial charge is 0.497 e. The summed E-state index contributed by atoms with van der Waals surface area (Å²) in [4.78, 5) is 17.9. The minimum Gasteiger partial charge on any atom is -0.497 e. The maximum Gasteiger partial charge on any atom is 0.224 e. The lowest BCUT2D eigenvalue weighted by atomic mass is 9.82. The molecular weight excluding hydrogens is 384 g/mol. The third-order valence-corrected chi connectivity index (χ3v) is 6.51. The Morgan fingerprint density at radius 3 is 2.76 bits per heavy atom. The van der Waals surface area contributed by atoms with Crippen LogP contribution in [0.5, 0.6) is 11.5 Å². The minimum absolute atomic E-state index is 0.0449. The fourth-order valence-electron chi connectivity index (χ4n) is 3.76. The topological polar surface area (TPSA) is 60.5 Å². The molecule has 1 heterocycles. The number of rotatable bonds is 6. The molecule has 29 heavy (non-hydrogen) atoms. The number of amides is 1. The molecular formula is C23H24N2O3S. The van der Waals surface area contributed by atoms with E-state index in [2.05, 4.69) is 23.5 Å². The van der Waals surface area contributed by atoms with Gasteiger partial charge in [-0.05, 0) is 43.2 Å². The van der Waals surface area contributed by atoms with E-state index in [4.69, 9.17) is 14.5 Å². The summed E-state index contributed by atoms with van der Waals surface area (Å²) in [5.41, 5.74) is 1.89. The summed E-state index contributed by atoms with van der Waals surface area (Å²) < 4.78 is 11.9. The second kappa shape index (κ2) is 8.66. The Labute approximate surface area is 174 Å². The number of hydrogen-bond acceptors (Lipinski definition) is 5. The molecule has 3 aromatic rings. The molecule has 1 aromatic heterocycles. The number of carbonyl (C=O) groups is 1. The van der Waals surface area contributed by atoms with Crippen LogP contribution in [0.3, 0.4) is 0 Å². The van der Waals surface area contributed by atoms with Gasteiger partial charge in [-0.3, -0.25) is 4.79 Å². The number of para-hydroxylation sites is 1. The third kappa shape index (κ3) is 4.12. The lowest BCUT2D eigenvalue weighted by Crippen LogP contribution is -2.34. The summed E-state index contributed by atoms with van der Waals surface area (Å²) >= 11 is 1.69. The van der Waals surface area contributed by atoms with Crippen molar-refractivity contribution in [1.29, 1.82) is 0 Å². The van der Waals surface area contributed by atoms with Crippen LogP contribution >= 0.6 is 11.3 Å². The Morgan fingerprint density at radius 1 is 1.14 bits per heavy atom. The number of methoxy groups -OCH3 is 2. The van der Waals surface area contributed by atoms with Crippen LogP contribution in [0.1, 0.15) is 29.3 Å². The summed E-state index contributed by atoms with van der Waals surface area (Å²) in [5, 5.41) is 4.13. The molecule has 4 rings (SSSR count). The van der Waals surface area contributed by atoms with Crippen molar-refractivity contribution in [1.82, 2.24) is 10.3 Å². The average Bonchev–Trinajstić information content (AvgIpc) is 3.21. The Bertz CT molecular complexity index is 1010. The van der Waals surface area contributed by atoms with E-state index in [1.165, 1.54) is 0 Å². The first-order valence-corrected chi connectivity index (χ1v) is 10.5. The van der Waals surface area contributed by atoms with Crippen LogP contribution < -0.4 is 14.8 Å². The van der Waals surface area contributed by atoms with Crippen LogP contribution in [0.25, 0.3) is 10.2 Å². The molecule has 2 atom stereocenters. The number of allylic oxidation sites excluding steroid dienone is 2. The number of nitrogens with zero attached hydrogens (tertiary/aromatic N) is 1. The molecule has 2 unspecified atom stereocenters. The zero-order valence-electron chi connectivity index (χ0n) is 16.6. The molecule has 0 fully saturated rings. The van der Waals surface area contributed by atoms with Gasteiger partial charge in [-0.25, -0.2) is 4.98 Å². The smallest absolute Gasteiger partial charge is 0.224 e. The quantitative estimate of drug-likeness (QED) is 0.602. The van der Waals surface area contributed by atoms with Crippen molar-refractivity contribution >= 4 is 27.5 Å². The van der Waals surface area contributed by atoms with Gasteiger partial charge in [-0.15, -0.1) is 11.3 Å². The molecule has 0 radical (unpaired) electrons. The molecule has 0 bridgehead atoms. The highest BCUT2D eigenvalue weighted by atomic mass is 32.1. The molecule has 1 aliphatic carbocycles. The number of carbonyl (C=O) groups excluding carboxylic acids is 1. The van der Waals surface area contributed by atoms with Gasteiger partial charge in [0.1, 0.15) is 11.5 Å². The molecule has 1 amide bonds. The van der Waals surface area contributed by atoms with Crippen LogP contribution in [0.15, 0.2) is 54.6 Å². The molecule has 0 aliphatic heterocycles. The normalized spacial score (nSPS) is 18.6. The molecule has 2 aromatic carbocycles. The van der Waals surface area contributed by atoms with Gasteiger partial charge in [0.15, 0.2) is 0 Å². The minimum atomic E-state index is -0.128. The average molecular weight is 409 g/mol. The monoisotopic (exact) mass is 408 g/mol. The van der Waals surface area contributed by atoms with Crippen molar-refractivity contribution in [3.05, 3.63) is 65.2 Å². The molecule has 150 valence electrons. The summed E-state index contributed by atoms with van der Waals surface area (Å²) in [6, 6.07) is 13.7. The van der Waals surface area contributed by atoms with Gasteiger partial charge in [0, 0.05) is 18.0 Å². The SMILES string of the molecule is COc1ccc(OC)c(CNC(=O)C2CC=CCC2c2nc3ccccc3s2)c1. The highest BCUT2D eigenvalue weighted by Gasteiger charge is 2.32. The highest BCUT2D eigenvalue weighted by Crippen LogP contribution is 2.38. The summed E-state index contributed by atoms with van der Waals surface area (Å²) in [7, 11) is 3.25. The van der Waals surface area contributed by atoms with Gasteiger partial charge in [-0.2, -0.15) is 0 Å². The van der Waals surface area contributed by atoms with E-state index < -0.39 is 0 Å². The Balaban J connectivity index is 1.52. The van der Waals surface area contributed by atoms with E-state index >= 15 is 0 Å². The Kier molecular flexibility index (Phi) is 5.81. The molecule has 6 heteroatoms. The predicted octanol–water partition coefficient (Wildman–Crippen LogP) is 4.68. The van der Waals surface area contributed by atoms with Gasteiger partial charge >= 0.3 is 0 Å². The second-order valence-electron chi connectivity index (χ2n) is 7.07. The summed E-state index contributed by atoms with van der Waals surface area (Å²) in [6.07, 6.45) is 5.81. The zero-order valence-corrected chi connectivity index (χ0v) is 17.4. The van der Waals surface area contributed by atoms with Gasteiger partial charge in [0.05, 0.1) is 35.4 Å². The highest BCUT2D eigenvalue weighted by molar-refractivity contribution is 7.18. The van der Waals surface area contributed by atoms with Crippen LogP contribution in [0.2, 0.25) is 0 Å². The van der Waals surface area contributed by atoms with Crippen molar-refractivity contribution in [3.63, 3.8) is 0 Å². The molecule has 1 N–H and O–H groups in total. The van der Waals surface area contributed by atoms with Gasteiger partial charge in [-0.1, -0.05) is 24.3 Å². The van der Waals surface area contributed by atoms with Crippen LogP contribution in [0.4, 0.5) is 0 Å². The maximum absolute atomic E-state index is 13.1. The number of thiazole rings is 1. The van der Waals surface area contributed by atoms with E-state index in [-0.39, 0.29) is 17.7 Å². The molecule has 0 spiro atoms. The first-order chi connectivity index (χ1) is 14.2. The number of aromatic nitrogens is 1. The van der Waals surface area contributed by atoms with Crippen molar-refractivity contribution in [2.75, 3.05) is 14.2 Å². The lowest BCUT2D eigenvalue weighted by Gasteiger charge is -2.26. The van der Waals surface area contributed by atoms with Crippen LogP contribution in [0, 0.1) is 5.92 Å². The van der Waals surface area contributed by atoms with E-state index in [0.29, 0.717) is 6.54 Å². The van der Waals surface area contributed by atoms with E-state index in [9.17, 15) is 4.79 Å². The van der Waals surface area contributed by atoms with Gasteiger partial charge in [0.2, 0.25) is 5.91 Å². The van der Waals surface area contributed by atoms with Crippen LogP contribution in [-0.2, 0) is 11.3 Å². The van der Waals surface area contributed by atoms with E-state index in [0.717, 1.165) is 45.1 Å². The lowest BCUT2D eigenvalue weighted by molar-refractivity contribution is -0.125. The van der Waals surface area contributed by atoms with E-state index in [1.807, 2.05) is 36.4 Å². The first kappa shape index (κ1) is 19.5. The molecule has 5 nitrogen and oxygen atoms in total. The Morgan fingerprint density at radius 2 is 1.97 bits per heavy atom. The van der Waals surface area contributed by atoms with Crippen LogP contribution in [-0.4, -0.2) is 25.1 Å². The predicted molar refractivity (Wildman–Crippen MR) is 116 cm³/mol. The summed E-state index contributed by atoms with van der Waals surface area (Å²) in [5.74, 6) is 1.49. The first-order valence-electron chi connectivity index (χ1n) is 9.68. The number of benzene rings is 2. The maximum atomic E-state index is 13.1. The van der Waals surface area contributed by atoms with Gasteiger partial charge in [0.25, 0.3) is 0 Å². The van der Waals surface area contributed by atoms with Crippen molar-refractivity contribution in [3.8, 4) is 11.5 Å². The molecule has 0 saturated heterocycles. The Hall–Kier alpha value is -2.86. The molecule has 0 saturated carbocycles.